The van der Waals surface area contributed by atoms with Crippen molar-refractivity contribution in [2.24, 2.45) is 0 Å². The number of benzene rings is 1. The van der Waals surface area contributed by atoms with Crippen molar-refractivity contribution in [2.45, 2.75) is 6.42 Å². The van der Waals surface area contributed by atoms with Crippen LogP contribution in [0.2, 0.25) is 5.02 Å². The monoisotopic (exact) mass is 266 g/mol. The molecule has 0 saturated carbocycles. The van der Waals surface area contributed by atoms with Crippen LogP contribution in [0.25, 0.3) is 0 Å². The van der Waals surface area contributed by atoms with Crippen LogP contribution in [0.15, 0.2) is 30.4 Å². The lowest BCUT2D eigenvalue weighted by Crippen LogP contribution is -2.33. The lowest BCUT2D eigenvalue weighted by Gasteiger charge is -2.23. The van der Waals surface area contributed by atoms with Gasteiger partial charge in [-0.15, -0.1) is 0 Å². The maximum Gasteiger partial charge on any atom is 0.288 e. The van der Waals surface area contributed by atoms with Gasteiger partial charge >= 0.3 is 0 Å². The lowest BCUT2D eigenvalue weighted by molar-refractivity contribution is -0.384. The van der Waals surface area contributed by atoms with Gasteiger partial charge in [-0.2, -0.15) is 0 Å². The molecule has 2 rings (SSSR count). The summed E-state index contributed by atoms with van der Waals surface area (Å²) >= 11 is 5.70. The van der Waals surface area contributed by atoms with E-state index < -0.39 is 4.92 Å². The molecule has 1 aliphatic rings. The van der Waals surface area contributed by atoms with Crippen molar-refractivity contribution < 1.29 is 9.72 Å². The normalized spacial score (nSPS) is 14.6. The molecule has 1 aromatic carbocycles. The van der Waals surface area contributed by atoms with E-state index in [0.29, 0.717) is 18.7 Å². The van der Waals surface area contributed by atoms with Gasteiger partial charge in [-0.25, -0.2) is 0 Å². The van der Waals surface area contributed by atoms with Crippen molar-refractivity contribution in [3.8, 4) is 0 Å². The maximum absolute atomic E-state index is 12.1. The predicted octanol–water partition coefficient (Wildman–Crippen LogP) is 2.65. The molecule has 6 heteroatoms. The second kappa shape index (κ2) is 5.18. The van der Waals surface area contributed by atoms with Gasteiger partial charge in [-0.3, -0.25) is 14.9 Å². The van der Waals surface area contributed by atoms with Gasteiger partial charge in [0.15, 0.2) is 0 Å². The Morgan fingerprint density at radius 3 is 2.78 bits per heavy atom. The Morgan fingerprint density at radius 2 is 2.17 bits per heavy atom. The number of nitro benzene ring substituents is 1. The number of carbonyl (C=O) groups is 1. The van der Waals surface area contributed by atoms with E-state index in [9.17, 15) is 14.9 Å². The zero-order valence-electron chi connectivity index (χ0n) is 9.51. The van der Waals surface area contributed by atoms with Crippen LogP contribution in [0.4, 0.5) is 5.69 Å². The Morgan fingerprint density at radius 1 is 1.39 bits per heavy atom. The highest BCUT2D eigenvalue weighted by Gasteiger charge is 2.20. The SMILES string of the molecule is O=C(c1ccc(Cl)c([N+](=O)[O-])c1)N1CC=CCC1. The molecule has 18 heavy (non-hydrogen) atoms. The molecular weight excluding hydrogens is 256 g/mol. The van der Waals surface area contributed by atoms with E-state index in [1.54, 1.807) is 4.90 Å². The molecule has 94 valence electrons. The Hall–Kier alpha value is -1.88. The number of hydrogen-bond donors (Lipinski definition) is 0. The van der Waals surface area contributed by atoms with Gasteiger partial charge in [0, 0.05) is 24.7 Å². The molecular formula is C12H11ClN2O3. The fourth-order valence-corrected chi connectivity index (χ4v) is 1.98. The first-order chi connectivity index (χ1) is 8.59. The number of hydrogen-bond acceptors (Lipinski definition) is 3. The second-order valence-corrected chi connectivity index (χ2v) is 4.34. The van der Waals surface area contributed by atoms with Gasteiger partial charge in [0.25, 0.3) is 11.6 Å². The molecule has 0 saturated heterocycles. The highest BCUT2D eigenvalue weighted by molar-refractivity contribution is 6.32. The van der Waals surface area contributed by atoms with Crippen molar-refractivity contribution >= 4 is 23.2 Å². The van der Waals surface area contributed by atoms with Gasteiger partial charge in [0.05, 0.1) is 4.92 Å². The Kier molecular flexibility index (Phi) is 3.62. The molecule has 0 bridgehead atoms. The molecule has 1 amide bonds. The summed E-state index contributed by atoms with van der Waals surface area (Å²) in [6.45, 7) is 1.17. The average molecular weight is 267 g/mol. The highest BCUT2D eigenvalue weighted by atomic mass is 35.5. The van der Waals surface area contributed by atoms with Crippen LogP contribution in [0.3, 0.4) is 0 Å². The zero-order chi connectivity index (χ0) is 13.1. The number of amides is 1. The molecule has 0 fully saturated rings. The van der Waals surface area contributed by atoms with Crippen molar-refractivity contribution in [2.75, 3.05) is 13.1 Å². The molecule has 1 aliphatic heterocycles. The number of nitrogens with zero attached hydrogens (tertiary/aromatic N) is 2. The van der Waals surface area contributed by atoms with Crippen molar-refractivity contribution in [1.82, 2.24) is 4.90 Å². The van der Waals surface area contributed by atoms with Crippen LogP contribution in [0, 0.1) is 10.1 Å². The van der Waals surface area contributed by atoms with Crippen LogP contribution in [-0.2, 0) is 0 Å². The fraction of sp³-hybridized carbons (Fsp3) is 0.250. The second-order valence-electron chi connectivity index (χ2n) is 3.93. The molecule has 0 aromatic heterocycles. The van der Waals surface area contributed by atoms with Gasteiger partial charge < -0.3 is 4.90 Å². The van der Waals surface area contributed by atoms with Crippen molar-refractivity contribution in [3.63, 3.8) is 0 Å². The molecule has 1 heterocycles. The topological polar surface area (TPSA) is 63.4 Å². The van der Waals surface area contributed by atoms with Gasteiger partial charge in [0.1, 0.15) is 5.02 Å². The van der Waals surface area contributed by atoms with Gasteiger partial charge in [-0.05, 0) is 18.6 Å². The van der Waals surface area contributed by atoms with E-state index in [1.165, 1.54) is 18.2 Å². The van der Waals surface area contributed by atoms with Crippen LogP contribution in [0.5, 0.6) is 0 Å². The minimum atomic E-state index is -0.588. The van der Waals surface area contributed by atoms with Gasteiger partial charge in [-0.1, -0.05) is 23.8 Å². The van der Waals surface area contributed by atoms with Gasteiger partial charge in [0.2, 0.25) is 0 Å². The third-order valence-electron chi connectivity index (χ3n) is 2.74. The van der Waals surface area contributed by atoms with E-state index in [1.807, 2.05) is 12.2 Å². The molecule has 0 unspecified atom stereocenters. The smallest absolute Gasteiger partial charge is 0.288 e. The number of nitro groups is 1. The van der Waals surface area contributed by atoms with E-state index in [2.05, 4.69) is 0 Å². The molecule has 0 radical (unpaired) electrons. The number of rotatable bonds is 2. The number of halogens is 1. The van der Waals surface area contributed by atoms with Crippen LogP contribution in [-0.4, -0.2) is 28.8 Å². The summed E-state index contributed by atoms with van der Waals surface area (Å²) in [7, 11) is 0. The van der Waals surface area contributed by atoms with Crippen molar-refractivity contribution in [3.05, 3.63) is 51.1 Å². The summed E-state index contributed by atoms with van der Waals surface area (Å²) in [4.78, 5) is 23.9. The third kappa shape index (κ3) is 2.51. The highest BCUT2D eigenvalue weighted by Crippen LogP contribution is 2.25. The Balaban J connectivity index is 2.28. The summed E-state index contributed by atoms with van der Waals surface area (Å²) in [6, 6.07) is 4.12. The maximum atomic E-state index is 12.1. The largest absolute Gasteiger partial charge is 0.335 e. The summed E-state index contributed by atoms with van der Waals surface area (Å²) in [5.74, 6) is -0.209. The Bertz CT molecular complexity index is 528. The standard InChI is InChI=1S/C12H11ClN2O3/c13-10-5-4-9(8-11(10)15(17)18)12(16)14-6-2-1-3-7-14/h1-2,4-5,8H,3,6-7H2. The van der Waals surface area contributed by atoms with E-state index in [0.717, 1.165) is 6.42 Å². The quantitative estimate of drug-likeness (QED) is 0.470. The zero-order valence-corrected chi connectivity index (χ0v) is 10.3. The lowest BCUT2D eigenvalue weighted by atomic mass is 10.1. The first-order valence-electron chi connectivity index (χ1n) is 5.48. The molecule has 0 spiro atoms. The first kappa shape index (κ1) is 12.6. The van der Waals surface area contributed by atoms with Crippen LogP contribution < -0.4 is 0 Å². The Labute approximate surface area is 109 Å². The first-order valence-corrected chi connectivity index (χ1v) is 5.85. The van der Waals surface area contributed by atoms with E-state index >= 15 is 0 Å². The van der Waals surface area contributed by atoms with Crippen molar-refractivity contribution in [1.29, 1.82) is 0 Å². The third-order valence-corrected chi connectivity index (χ3v) is 3.05. The molecule has 0 N–H and O–H groups in total. The minimum absolute atomic E-state index is 0.0371. The van der Waals surface area contributed by atoms with E-state index in [-0.39, 0.29) is 16.6 Å². The predicted molar refractivity (Wildman–Crippen MR) is 67.8 cm³/mol. The molecule has 5 nitrogen and oxygen atoms in total. The fourth-order valence-electron chi connectivity index (χ4n) is 1.79. The van der Waals surface area contributed by atoms with E-state index in [4.69, 9.17) is 11.6 Å². The molecule has 0 aliphatic carbocycles. The van der Waals surface area contributed by atoms with Crippen LogP contribution >= 0.6 is 11.6 Å². The average Bonchev–Trinajstić information content (AvgIpc) is 2.39. The van der Waals surface area contributed by atoms with Crippen LogP contribution in [0.1, 0.15) is 16.8 Å². The molecule has 1 aromatic rings. The number of carbonyl (C=O) groups excluding carboxylic acids is 1. The minimum Gasteiger partial charge on any atom is -0.335 e. The molecule has 0 atom stereocenters. The summed E-state index contributed by atoms with van der Waals surface area (Å²) < 4.78 is 0. The summed E-state index contributed by atoms with van der Waals surface area (Å²) in [5.41, 5.74) is 0.0523. The summed E-state index contributed by atoms with van der Waals surface area (Å²) in [5, 5.41) is 10.8. The summed E-state index contributed by atoms with van der Waals surface area (Å²) in [6.07, 6.45) is 4.72.